The highest BCUT2D eigenvalue weighted by atomic mass is 15.2. The smallest absolute Gasteiger partial charge is 0.0782 e. The Morgan fingerprint density at radius 3 is 1.57 bits per heavy atom. The molecule has 2 heteroatoms. The number of hydrogen-bond acceptors (Lipinski definition) is 1. The van der Waals surface area contributed by atoms with E-state index in [-0.39, 0.29) is 0 Å². The molecule has 0 saturated carbocycles. The van der Waals surface area contributed by atoms with Gasteiger partial charge in [0.1, 0.15) is 0 Å². The summed E-state index contributed by atoms with van der Waals surface area (Å²) in [7, 11) is 0. The van der Waals surface area contributed by atoms with E-state index >= 15 is 0 Å². The van der Waals surface area contributed by atoms with E-state index in [2.05, 4.69) is 228 Å². The second-order valence-electron chi connectivity index (χ2n) is 14.5. The summed E-state index contributed by atoms with van der Waals surface area (Å²) in [5, 5.41) is 9.98. The lowest BCUT2D eigenvalue weighted by Gasteiger charge is -2.27. The summed E-state index contributed by atoms with van der Waals surface area (Å²) in [6.45, 7) is 0. The minimum Gasteiger partial charge on any atom is -0.308 e. The highest BCUT2D eigenvalue weighted by Gasteiger charge is 2.24. The minimum atomic E-state index is 1.09. The standard InChI is InChI=1S/C54H36N2/c1-4-17-37(18-5-1)50-36-40-20-11-13-26-45(40)54-52(50)48-29-16-30-51(53(48)56(54)42-23-8-3-9-24-42)55(41-21-6-2-7-22-41)43-33-31-38(32-34-43)49-35-39-19-10-12-25-44(39)46-27-14-15-28-47(46)49/h1-36H. The Labute approximate surface area is 325 Å². The van der Waals surface area contributed by atoms with Crippen LogP contribution in [0.4, 0.5) is 17.1 Å². The van der Waals surface area contributed by atoms with Crippen LogP contribution in [-0.2, 0) is 0 Å². The SMILES string of the molecule is c1ccc(-c2cc3ccccc3c3c2c2cccc(N(c4ccccc4)c4ccc(-c5cc6ccccc6c6ccccc56)cc4)c2n3-c2ccccc2)cc1. The average Bonchev–Trinajstić information content (AvgIpc) is 3.64. The third kappa shape index (κ3) is 5.11. The Morgan fingerprint density at radius 2 is 0.839 bits per heavy atom. The van der Waals surface area contributed by atoms with E-state index in [0.29, 0.717) is 0 Å². The summed E-state index contributed by atoms with van der Waals surface area (Å²) in [5.74, 6) is 0. The number of rotatable bonds is 6. The van der Waals surface area contributed by atoms with Crippen molar-refractivity contribution in [2.45, 2.75) is 0 Å². The van der Waals surface area contributed by atoms with Crippen molar-refractivity contribution >= 4 is 71.2 Å². The van der Waals surface area contributed by atoms with Gasteiger partial charge in [-0.15, -0.1) is 0 Å². The summed E-state index contributed by atoms with van der Waals surface area (Å²) in [4.78, 5) is 2.42. The Bertz CT molecular complexity index is 3220. The van der Waals surface area contributed by atoms with Crippen molar-refractivity contribution < 1.29 is 0 Å². The maximum absolute atomic E-state index is 2.50. The zero-order chi connectivity index (χ0) is 37.0. The topological polar surface area (TPSA) is 8.17 Å². The Kier molecular flexibility index (Phi) is 7.53. The van der Waals surface area contributed by atoms with Crippen LogP contribution in [0.5, 0.6) is 0 Å². The zero-order valence-electron chi connectivity index (χ0n) is 30.7. The first-order valence-corrected chi connectivity index (χ1v) is 19.3. The van der Waals surface area contributed by atoms with Crippen LogP contribution >= 0.6 is 0 Å². The van der Waals surface area contributed by atoms with Crippen LogP contribution in [-0.4, -0.2) is 4.57 Å². The summed E-state index contributed by atoms with van der Waals surface area (Å²) in [5.41, 5.74) is 11.7. The van der Waals surface area contributed by atoms with Crippen molar-refractivity contribution in [2.75, 3.05) is 4.90 Å². The molecule has 0 atom stereocenters. The van der Waals surface area contributed by atoms with Gasteiger partial charge in [-0.2, -0.15) is 0 Å². The first-order chi connectivity index (χ1) is 27.8. The van der Waals surface area contributed by atoms with Crippen LogP contribution in [0.2, 0.25) is 0 Å². The highest BCUT2D eigenvalue weighted by molar-refractivity contribution is 6.26. The lowest BCUT2D eigenvalue weighted by Crippen LogP contribution is -2.11. The maximum atomic E-state index is 2.50. The van der Waals surface area contributed by atoms with Gasteiger partial charge in [0, 0.05) is 33.2 Å². The Hall–Kier alpha value is -7.42. The molecule has 0 aliphatic rings. The molecule has 56 heavy (non-hydrogen) atoms. The zero-order valence-corrected chi connectivity index (χ0v) is 30.7. The molecular formula is C54H36N2. The molecule has 1 aromatic heterocycles. The molecule has 0 bridgehead atoms. The van der Waals surface area contributed by atoms with Crippen LogP contribution in [0.15, 0.2) is 218 Å². The second-order valence-corrected chi connectivity index (χ2v) is 14.5. The first kappa shape index (κ1) is 32.0. The van der Waals surface area contributed by atoms with E-state index in [1.54, 1.807) is 0 Å². The van der Waals surface area contributed by atoms with E-state index < -0.39 is 0 Å². The number of fused-ring (bicyclic) bond motifs is 8. The molecule has 0 N–H and O–H groups in total. The molecule has 0 aliphatic heterocycles. The van der Waals surface area contributed by atoms with Crippen molar-refractivity contribution in [3.8, 4) is 27.9 Å². The molecule has 0 radical (unpaired) electrons. The van der Waals surface area contributed by atoms with Gasteiger partial charge in [0.15, 0.2) is 0 Å². The molecule has 0 amide bonds. The molecule has 1 heterocycles. The fourth-order valence-electron chi connectivity index (χ4n) is 8.86. The van der Waals surface area contributed by atoms with Gasteiger partial charge in [0.05, 0.1) is 16.7 Å². The molecule has 2 nitrogen and oxygen atoms in total. The van der Waals surface area contributed by atoms with Crippen molar-refractivity contribution in [1.29, 1.82) is 0 Å². The highest BCUT2D eigenvalue weighted by Crippen LogP contribution is 2.48. The summed E-state index contributed by atoms with van der Waals surface area (Å²) in [6, 6.07) is 79.4. The predicted molar refractivity (Wildman–Crippen MR) is 239 cm³/mol. The second kappa shape index (κ2) is 13.2. The van der Waals surface area contributed by atoms with E-state index in [1.165, 1.54) is 70.9 Å². The minimum absolute atomic E-state index is 1.09. The largest absolute Gasteiger partial charge is 0.308 e. The molecule has 11 aromatic rings. The summed E-state index contributed by atoms with van der Waals surface area (Å²) < 4.78 is 2.50. The van der Waals surface area contributed by atoms with Gasteiger partial charge >= 0.3 is 0 Å². The number of hydrogen-bond donors (Lipinski definition) is 0. The molecule has 0 saturated heterocycles. The van der Waals surface area contributed by atoms with Crippen LogP contribution in [0.1, 0.15) is 0 Å². The molecular weight excluding hydrogens is 677 g/mol. The quantitative estimate of drug-likeness (QED) is 0.156. The van der Waals surface area contributed by atoms with Gasteiger partial charge in [-0.1, -0.05) is 164 Å². The van der Waals surface area contributed by atoms with Crippen molar-refractivity contribution in [3.63, 3.8) is 0 Å². The number of benzene rings is 10. The predicted octanol–water partition coefficient (Wildman–Crippen LogP) is 15.0. The first-order valence-electron chi connectivity index (χ1n) is 19.3. The van der Waals surface area contributed by atoms with Crippen LogP contribution in [0, 0.1) is 0 Å². The fraction of sp³-hybridized carbons (Fsp3) is 0. The molecule has 262 valence electrons. The van der Waals surface area contributed by atoms with E-state index in [4.69, 9.17) is 0 Å². The summed E-state index contributed by atoms with van der Waals surface area (Å²) in [6.07, 6.45) is 0. The van der Waals surface area contributed by atoms with E-state index in [0.717, 1.165) is 28.3 Å². The van der Waals surface area contributed by atoms with Crippen LogP contribution < -0.4 is 4.90 Å². The van der Waals surface area contributed by atoms with Gasteiger partial charge < -0.3 is 9.47 Å². The van der Waals surface area contributed by atoms with Crippen molar-refractivity contribution in [2.24, 2.45) is 0 Å². The third-order valence-electron chi connectivity index (χ3n) is 11.3. The number of nitrogens with zero attached hydrogens (tertiary/aromatic N) is 2. The van der Waals surface area contributed by atoms with Gasteiger partial charge in [0.25, 0.3) is 0 Å². The Morgan fingerprint density at radius 1 is 0.321 bits per heavy atom. The van der Waals surface area contributed by atoms with Gasteiger partial charge in [0.2, 0.25) is 0 Å². The molecule has 0 unspecified atom stereocenters. The molecule has 10 aromatic carbocycles. The molecule has 0 aliphatic carbocycles. The number of aromatic nitrogens is 1. The van der Waals surface area contributed by atoms with E-state index in [1.807, 2.05) is 0 Å². The number of anilines is 3. The van der Waals surface area contributed by atoms with Crippen LogP contribution in [0.25, 0.3) is 82.1 Å². The lowest BCUT2D eigenvalue weighted by atomic mass is 9.93. The van der Waals surface area contributed by atoms with E-state index in [9.17, 15) is 0 Å². The molecule has 0 spiro atoms. The monoisotopic (exact) mass is 712 g/mol. The fourth-order valence-corrected chi connectivity index (χ4v) is 8.86. The normalized spacial score (nSPS) is 11.6. The third-order valence-corrected chi connectivity index (χ3v) is 11.3. The average molecular weight is 713 g/mol. The van der Waals surface area contributed by atoms with Gasteiger partial charge in [-0.3, -0.25) is 0 Å². The lowest BCUT2D eigenvalue weighted by molar-refractivity contribution is 1.17. The molecule has 0 fully saturated rings. The maximum Gasteiger partial charge on any atom is 0.0782 e. The Balaban J connectivity index is 1.20. The van der Waals surface area contributed by atoms with Crippen LogP contribution in [0.3, 0.4) is 0 Å². The van der Waals surface area contributed by atoms with Gasteiger partial charge in [-0.05, 0) is 104 Å². The molecule has 11 rings (SSSR count). The van der Waals surface area contributed by atoms with Gasteiger partial charge in [-0.25, -0.2) is 0 Å². The van der Waals surface area contributed by atoms with Crippen molar-refractivity contribution in [3.05, 3.63) is 218 Å². The van der Waals surface area contributed by atoms with Crippen molar-refractivity contribution in [1.82, 2.24) is 4.57 Å². The summed E-state index contributed by atoms with van der Waals surface area (Å²) >= 11 is 0. The number of para-hydroxylation sites is 3.